The summed E-state index contributed by atoms with van der Waals surface area (Å²) in [5, 5.41) is 11.9. The van der Waals surface area contributed by atoms with Gasteiger partial charge in [0.15, 0.2) is 0 Å². The highest BCUT2D eigenvalue weighted by Crippen LogP contribution is 1.91. The number of likely N-dealkylation sites (N-methyl/N-ethyl adjacent to an activating group) is 1. The fraction of sp³-hybridized carbons (Fsp3) is 0.778. The predicted molar refractivity (Wildman–Crippen MR) is 52.2 cm³/mol. The third-order valence-corrected chi connectivity index (χ3v) is 1.83. The summed E-state index contributed by atoms with van der Waals surface area (Å²) in [7, 11) is 1.94. The summed E-state index contributed by atoms with van der Waals surface area (Å²) in [6.07, 6.45) is 1.86. The second-order valence-corrected chi connectivity index (χ2v) is 2.96. The summed E-state index contributed by atoms with van der Waals surface area (Å²) < 4.78 is 0. The van der Waals surface area contributed by atoms with Crippen molar-refractivity contribution in [1.29, 1.82) is 0 Å². The number of rotatable bonds is 7. The van der Waals surface area contributed by atoms with Crippen LogP contribution in [-0.4, -0.2) is 49.3 Å². The molecule has 0 aliphatic carbocycles. The SMILES string of the molecule is C=CCN(CCO)CC(C)NC. The molecule has 0 amide bonds. The summed E-state index contributed by atoms with van der Waals surface area (Å²) in [5.41, 5.74) is 0. The Morgan fingerprint density at radius 2 is 2.33 bits per heavy atom. The smallest absolute Gasteiger partial charge is 0.0558 e. The number of hydrogen-bond donors (Lipinski definition) is 2. The van der Waals surface area contributed by atoms with Gasteiger partial charge < -0.3 is 10.4 Å². The molecular weight excluding hydrogens is 152 g/mol. The summed E-state index contributed by atoms with van der Waals surface area (Å²) in [4.78, 5) is 2.16. The lowest BCUT2D eigenvalue weighted by atomic mass is 10.3. The molecule has 0 aromatic heterocycles. The van der Waals surface area contributed by atoms with Crippen LogP contribution in [0.3, 0.4) is 0 Å². The van der Waals surface area contributed by atoms with E-state index in [2.05, 4.69) is 23.7 Å². The summed E-state index contributed by atoms with van der Waals surface area (Å²) >= 11 is 0. The van der Waals surface area contributed by atoms with E-state index in [1.54, 1.807) is 0 Å². The summed E-state index contributed by atoms with van der Waals surface area (Å²) in [6, 6.07) is 0.455. The van der Waals surface area contributed by atoms with Gasteiger partial charge >= 0.3 is 0 Å². The third kappa shape index (κ3) is 5.29. The fourth-order valence-electron chi connectivity index (χ4n) is 1.06. The number of nitrogens with zero attached hydrogens (tertiary/aromatic N) is 1. The number of hydrogen-bond acceptors (Lipinski definition) is 3. The van der Waals surface area contributed by atoms with Crippen LogP contribution in [0.15, 0.2) is 12.7 Å². The molecule has 0 radical (unpaired) electrons. The molecule has 0 heterocycles. The monoisotopic (exact) mass is 172 g/mol. The van der Waals surface area contributed by atoms with Crippen molar-refractivity contribution < 1.29 is 5.11 Å². The lowest BCUT2D eigenvalue weighted by Crippen LogP contribution is -2.39. The quantitative estimate of drug-likeness (QED) is 0.534. The molecule has 12 heavy (non-hydrogen) atoms. The van der Waals surface area contributed by atoms with Gasteiger partial charge in [0.05, 0.1) is 6.61 Å². The Hall–Kier alpha value is -0.380. The Balaban J connectivity index is 3.68. The van der Waals surface area contributed by atoms with E-state index in [9.17, 15) is 0 Å². The molecule has 3 nitrogen and oxygen atoms in total. The van der Waals surface area contributed by atoms with Crippen LogP contribution in [0, 0.1) is 0 Å². The molecule has 0 saturated heterocycles. The molecule has 0 saturated carbocycles. The van der Waals surface area contributed by atoms with E-state index in [4.69, 9.17) is 5.11 Å². The zero-order valence-corrected chi connectivity index (χ0v) is 8.08. The number of aliphatic hydroxyl groups excluding tert-OH is 1. The van der Waals surface area contributed by atoms with Gasteiger partial charge in [-0.05, 0) is 14.0 Å². The highest BCUT2D eigenvalue weighted by molar-refractivity contribution is 4.75. The van der Waals surface area contributed by atoms with E-state index in [0.29, 0.717) is 6.04 Å². The molecule has 0 fully saturated rings. The van der Waals surface area contributed by atoms with Crippen molar-refractivity contribution in [3.8, 4) is 0 Å². The lowest BCUT2D eigenvalue weighted by molar-refractivity contribution is 0.199. The van der Waals surface area contributed by atoms with Gasteiger partial charge in [-0.1, -0.05) is 6.08 Å². The van der Waals surface area contributed by atoms with E-state index in [-0.39, 0.29) is 6.61 Å². The molecule has 1 unspecified atom stereocenters. The minimum Gasteiger partial charge on any atom is -0.395 e. The van der Waals surface area contributed by atoms with Gasteiger partial charge in [0.2, 0.25) is 0 Å². The van der Waals surface area contributed by atoms with Crippen LogP contribution < -0.4 is 5.32 Å². The molecule has 0 aromatic carbocycles. The van der Waals surface area contributed by atoms with E-state index < -0.39 is 0 Å². The maximum atomic E-state index is 8.75. The molecule has 0 bridgehead atoms. The van der Waals surface area contributed by atoms with Crippen LogP contribution in [-0.2, 0) is 0 Å². The Kier molecular flexibility index (Phi) is 7.05. The van der Waals surface area contributed by atoms with Crippen LogP contribution >= 0.6 is 0 Å². The van der Waals surface area contributed by atoms with Gasteiger partial charge in [-0.2, -0.15) is 0 Å². The largest absolute Gasteiger partial charge is 0.395 e. The first-order valence-corrected chi connectivity index (χ1v) is 4.36. The third-order valence-electron chi connectivity index (χ3n) is 1.83. The van der Waals surface area contributed by atoms with Crippen LogP contribution in [0.4, 0.5) is 0 Å². The Labute approximate surface area is 75.1 Å². The van der Waals surface area contributed by atoms with Gasteiger partial charge in [-0.25, -0.2) is 0 Å². The van der Waals surface area contributed by atoms with Crippen molar-refractivity contribution >= 4 is 0 Å². The summed E-state index contributed by atoms with van der Waals surface area (Å²) in [5.74, 6) is 0. The Bertz CT molecular complexity index is 117. The van der Waals surface area contributed by atoms with Crippen molar-refractivity contribution in [3.05, 3.63) is 12.7 Å². The van der Waals surface area contributed by atoms with E-state index in [0.717, 1.165) is 19.6 Å². The first kappa shape index (κ1) is 11.6. The molecule has 0 aromatic rings. The van der Waals surface area contributed by atoms with Crippen molar-refractivity contribution in [2.24, 2.45) is 0 Å². The van der Waals surface area contributed by atoms with Crippen molar-refractivity contribution in [2.75, 3.05) is 33.3 Å². The standard InChI is InChI=1S/C9H20N2O/c1-4-5-11(6-7-12)8-9(2)10-3/h4,9-10,12H,1,5-8H2,2-3H3. The second-order valence-electron chi connectivity index (χ2n) is 2.96. The van der Waals surface area contributed by atoms with Gasteiger partial charge in [0.25, 0.3) is 0 Å². The molecular formula is C9H20N2O. The van der Waals surface area contributed by atoms with Crippen molar-refractivity contribution in [3.63, 3.8) is 0 Å². The van der Waals surface area contributed by atoms with Crippen LogP contribution in [0.25, 0.3) is 0 Å². The normalized spacial score (nSPS) is 13.3. The first-order chi connectivity index (χ1) is 5.74. The maximum absolute atomic E-state index is 8.75. The zero-order valence-electron chi connectivity index (χ0n) is 8.08. The predicted octanol–water partition coefficient (Wildman–Crippen LogP) is 0.0746. The zero-order chi connectivity index (χ0) is 9.40. The Morgan fingerprint density at radius 1 is 1.67 bits per heavy atom. The van der Waals surface area contributed by atoms with Gasteiger partial charge in [-0.3, -0.25) is 4.90 Å². The molecule has 0 aliphatic rings. The minimum absolute atomic E-state index is 0.213. The average Bonchev–Trinajstić information content (AvgIpc) is 2.05. The summed E-state index contributed by atoms with van der Waals surface area (Å²) in [6.45, 7) is 8.51. The van der Waals surface area contributed by atoms with Gasteiger partial charge in [0, 0.05) is 25.7 Å². The van der Waals surface area contributed by atoms with Crippen LogP contribution in [0.1, 0.15) is 6.92 Å². The minimum atomic E-state index is 0.213. The van der Waals surface area contributed by atoms with Gasteiger partial charge in [0.1, 0.15) is 0 Å². The Morgan fingerprint density at radius 3 is 2.75 bits per heavy atom. The lowest BCUT2D eigenvalue weighted by Gasteiger charge is -2.23. The van der Waals surface area contributed by atoms with E-state index in [1.807, 2.05) is 13.1 Å². The molecule has 0 spiro atoms. The number of aliphatic hydroxyl groups is 1. The van der Waals surface area contributed by atoms with E-state index >= 15 is 0 Å². The van der Waals surface area contributed by atoms with Crippen LogP contribution in [0.5, 0.6) is 0 Å². The van der Waals surface area contributed by atoms with Crippen molar-refractivity contribution in [2.45, 2.75) is 13.0 Å². The average molecular weight is 172 g/mol. The van der Waals surface area contributed by atoms with Crippen molar-refractivity contribution in [1.82, 2.24) is 10.2 Å². The number of nitrogens with one attached hydrogen (secondary N) is 1. The molecule has 2 N–H and O–H groups in total. The molecule has 1 atom stereocenters. The fourth-order valence-corrected chi connectivity index (χ4v) is 1.06. The molecule has 72 valence electrons. The molecule has 3 heteroatoms. The van der Waals surface area contributed by atoms with Crippen LogP contribution in [0.2, 0.25) is 0 Å². The maximum Gasteiger partial charge on any atom is 0.0558 e. The molecule has 0 rings (SSSR count). The molecule has 0 aliphatic heterocycles. The highest BCUT2D eigenvalue weighted by atomic mass is 16.3. The van der Waals surface area contributed by atoms with Gasteiger partial charge in [-0.15, -0.1) is 6.58 Å². The topological polar surface area (TPSA) is 35.5 Å². The highest BCUT2D eigenvalue weighted by Gasteiger charge is 2.05. The second kappa shape index (κ2) is 7.28. The first-order valence-electron chi connectivity index (χ1n) is 4.36. The van der Waals surface area contributed by atoms with E-state index in [1.165, 1.54) is 0 Å².